The lowest BCUT2D eigenvalue weighted by molar-refractivity contribution is -0.124. The lowest BCUT2D eigenvalue weighted by Gasteiger charge is -2.08. The number of rotatable bonds is 4. The highest BCUT2D eigenvalue weighted by Gasteiger charge is 2.29. The molecule has 1 aliphatic heterocycles. The zero-order valence-electron chi connectivity index (χ0n) is 16.4. The Labute approximate surface area is 176 Å². The highest BCUT2D eigenvalue weighted by Crippen LogP contribution is 2.25. The Hall–Kier alpha value is -3.59. The molecule has 0 unspecified atom stereocenters. The summed E-state index contributed by atoms with van der Waals surface area (Å²) >= 11 is 1.23. The van der Waals surface area contributed by atoms with Crippen molar-refractivity contribution in [2.45, 2.75) is 6.92 Å². The molecule has 2 aromatic carbocycles. The van der Waals surface area contributed by atoms with Gasteiger partial charge in [0.15, 0.2) is 10.9 Å². The number of carbonyl (C=O) groups is 1. The number of para-hydroxylation sites is 1. The summed E-state index contributed by atoms with van der Waals surface area (Å²) in [6.07, 6.45) is 1.51. The molecule has 0 radical (unpaired) electrons. The van der Waals surface area contributed by atoms with Gasteiger partial charge in [-0.15, -0.1) is 0 Å². The SMILES string of the molecule is Cc1c(N=C2SCC(=O)N2N=Cc2ccc(O)cc2)c(=O)n(-c2ccccc2)n1C. The summed E-state index contributed by atoms with van der Waals surface area (Å²) in [7, 11) is 1.79. The van der Waals surface area contributed by atoms with Gasteiger partial charge in [-0.05, 0) is 48.9 Å². The largest absolute Gasteiger partial charge is 0.508 e. The molecular formula is C21H19N5O3S. The number of aliphatic imine (C=N–C) groups is 1. The van der Waals surface area contributed by atoms with Gasteiger partial charge in [0.05, 0.1) is 23.3 Å². The van der Waals surface area contributed by atoms with Crippen LogP contribution in [-0.4, -0.2) is 42.5 Å². The Morgan fingerprint density at radius 2 is 1.77 bits per heavy atom. The molecule has 2 heterocycles. The van der Waals surface area contributed by atoms with Gasteiger partial charge in [-0.25, -0.2) is 9.67 Å². The molecule has 0 spiro atoms. The van der Waals surface area contributed by atoms with Crippen molar-refractivity contribution in [2.75, 3.05) is 5.75 Å². The highest BCUT2D eigenvalue weighted by atomic mass is 32.2. The molecule has 9 heteroatoms. The van der Waals surface area contributed by atoms with Crippen LogP contribution < -0.4 is 5.56 Å². The molecule has 1 aliphatic rings. The van der Waals surface area contributed by atoms with Gasteiger partial charge in [-0.1, -0.05) is 30.0 Å². The summed E-state index contributed by atoms with van der Waals surface area (Å²) < 4.78 is 3.28. The fourth-order valence-electron chi connectivity index (χ4n) is 3.01. The number of benzene rings is 2. The zero-order valence-corrected chi connectivity index (χ0v) is 17.2. The number of amidine groups is 1. The molecule has 152 valence electrons. The number of aromatic hydroxyl groups is 1. The number of phenolic OH excluding ortho intramolecular Hbond substituents is 1. The predicted molar refractivity (Wildman–Crippen MR) is 118 cm³/mol. The highest BCUT2D eigenvalue weighted by molar-refractivity contribution is 8.15. The van der Waals surface area contributed by atoms with Gasteiger partial charge in [-0.2, -0.15) is 10.1 Å². The van der Waals surface area contributed by atoms with Crippen LogP contribution in [0.2, 0.25) is 0 Å². The van der Waals surface area contributed by atoms with Crippen molar-refractivity contribution in [1.29, 1.82) is 0 Å². The molecule has 1 fully saturated rings. The second-order valence-electron chi connectivity index (χ2n) is 6.63. The maximum atomic E-state index is 13.1. The van der Waals surface area contributed by atoms with Gasteiger partial charge >= 0.3 is 0 Å². The van der Waals surface area contributed by atoms with Crippen LogP contribution in [-0.2, 0) is 11.8 Å². The van der Waals surface area contributed by atoms with Crippen LogP contribution in [0.25, 0.3) is 5.69 Å². The van der Waals surface area contributed by atoms with E-state index in [1.807, 2.05) is 37.3 Å². The summed E-state index contributed by atoms with van der Waals surface area (Å²) in [6, 6.07) is 15.7. The molecule has 0 aliphatic carbocycles. The molecule has 1 N–H and O–H groups in total. The Kier molecular flexibility index (Phi) is 5.28. The molecule has 1 aromatic heterocycles. The number of nitrogens with zero attached hydrogens (tertiary/aromatic N) is 5. The normalized spacial score (nSPS) is 15.6. The molecule has 0 atom stereocenters. The van der Waals surface area contributed by atoms with Crippen LogP contribution in [0.4, 0.5) is 5.69 Å². The quantitative estimate of drug-likeness (QED) is 0.656. The van der Waals surface area contributed by atoms with Gasteiger partial charge in [-0.3, -0.25) is 14.3 Å². The molecule has 1 saturated heterocycles. The fraction of sp³-hybridized carbons (Fsp3) is 0.143. The number of hydrogen-bond acceptors (Lipinski definition) is 6. The average molecular weight is 421 g/mol. The standard InChI is InChI=1S/C21H19N5O3S/c1-14-19(20(29)26(24(14)2)16-6-4-3-5-7-16)23-21-25(18(28)13-30-21)22-12-15-8-10-17(27)11-9-15/h3-12,27H,13H2,1-2H3. The zero-order chi connectivity index (χ0) is 21.3. The topological polar surface area (TPSA) is 92.2 Å². The minimum absolute atomic E-state index is 0.149. The number of hydrazone groups is 1. The minimum Gasteiger partial charge on any atom is -0.508 e. The number of amides is 1. The Morgan fingerprint density at radius 1 is 1.07 bits per heavy atom. The second-order valence-corrected chi connectivity index (χ2v) is 7.58. The number of thioether (sulfide) groups is 1. The van der Waals surface area contributed by atoms with Gasteiger partial charge in [0.2, 0.25) is 0 Å². The van der Waals surface area contributed by atoms with E-state index >= 15 is 0 Å². The molecular weight excluding hydrogens is 402 g/mol. The Balaban J connectivity index is 1.71. The van der Waals surface area contributed by atoms with E-state index in [9.17, 15) is 14.7 Å². The third kappa shape index (κ3) is 3.67. The van der Waals surface area contributed by atoms with Crippen molar-refractivity contribution in [2.24, 2.45) is 17.1 Å². The van der Waals surface area contributed by atoms with Crippen molar-refractivity contribution in [3.8, 4) is 11.4 Å². The number of carbonyl (C=O) groups excluding carboxylic acids is 1. The van der Waals surface area contributed by atoms with E-state index in [-0.39, 0.29) is 28.7 Å². The van der Waals surface area contributed by atoms with Crippen molar-refractivity contribution in [3.05, 3.63) is 76.2 Å². The van der Waals surface area contributed by atoms with Crippen LogP contribution in [0.15, 0.2) is 69.5 Å². The Bertz CT molecular complexity index is 1210. The first-order valence-electron chi connectivity index (χ1n) is 9.17. The number of aromatic nitrogens is 2. The van der Waals surface area contributed by atoms with Gasteiger partial charge < -0.3 is 5.11 Å². The first-order chi connectivity index (χ1) is 14.5. The minimum atomic E-state index is -0.267. The van der Waals surface area contributed by atoms with Gasteiger partial charge in [0, 0.05) is 7.05 Å². The molecule has 4 rings (SSSR count). The van der Waals surface area contributed by atoms with Crippen LogP contribution in [0.1, 0.15) is 11.3 Å². The first kappa shape index (κ1) is 19.7. The third-order valence-corrected chi connectivity index (χ3v) is 5.60. The fourth-order valence-corrected chi connectivity index (χ4v) is 3.81. The van der Waals surface area contributed by atoms with Gasteiger partial charge in [0.25, 0.3) is 11.5 Å². The first-order valence-corrected chi connectivity index (χ1v) is 10.2. The summed E-state index contributed by atoms with van der Waals surface area (Å²) in [5.74, 6) is 0.132. The smallest absolute Gasteiger partial charge is 0.297 e. The lowest BCUT2D eigenvalue weighted by atomic mass is 10.2. The summed E-state index contributed by atoms with van der Waals surface area (Å²) in [5.41, 5.74) is 2.13. The van der Waals surface area contributed by atoms with E-state index < -0.39 is 0 Å². The molecule has 0 saturated carbocycles. The van der Waals surface area contributed by atoms with E-state index in [1.165, 1.54) is 35.1 Å². The predicted octanol–water partition coefficient (Wildman–Crippen LogP) is 2.79. The summed E-state index contributed by atoms with van der Waals surface area (Å²) in [5, 5.41) is 15.2. The van der Waals surface area contributed by atoms with E-state index in [0.717, 1.165) is 11.3 Å². The molecule has 3 aromatic rings. The van der Waals surface area contributed by atoms with E-state index in [4.69, 9.17) is 0 Å². The van der Waals surface area contributed by atoms with Crippen molar-refractivity contribution in [3.63, 3.8) is 0 Å². The van der Waals surface area contributed by atoms with E-state index in [2.05, 4.69) is 10.1 Å². The number of phenols is 1. The van der Waals surface area contributed by atoms with Crippen molar-refractivity contribution in [1.82, 2.24) is 14.4 Å². The summed E-state index contributed by atoms with van der Waals surface area (Å²) in [6.45, 7) is 1.81. The number of hydrogen-bond donors (Lipinski definition) is 1. The van der Waals surface area contributed by atoms with E-state index in [0.29, 0.717) is 10.9 Å². The summed E-state index contributed by atoms with van der Waals surface area (Å²) in [4.78, 5) is 29.9. The van der Waals surface area contributed by atoms with Crippen molar-refractivity contribution >= 4 is 34.7 Å². The maximum Gasteiger partial charge on any atom is 0.297 e. The second kappa shape index (κ2) is 8.03. The van der Waals surface area contributed by atoms with Crippen molar-refractivity contribution < 1.29 is 9.90 Å². The maximum absolute atomic E-state index is 13.1. The molecule has 30 heavy (non-hydrogen) atoms. The molecule has 0 bridgehead atoms. The van der Waals surface area contributed by atoms with Crippen LogP contribution in [0.5, 0.6) is 5.75 Å². The van der Waals surface area contributed by atoms with Crippen LogP contribution in [0.3, 0.4) is 0 Å². The molecule has 8 nitrogen and oxygen atoms in total. The third-order valence-electron chi connectivity index (χ3n) is 4.69. The average Bonchev–Trinajstić information content (AvgIpc) is 3.20. The van der Waals surface area contributed by atoms with Crippen LogP contribution >= 0.6 is 11.8 Å². The molecule has 1 amide bonds. The Morgan fingerprint density at radius 3 is 2.47 bits per heavy atom. The van der Waals surface area contributed by atoms with E-state index in [1.54, 1.807) is 28.5 Å². The van der Waals surface area contributed by atoms with Gasteiger partial charge in [0.1, 0.15) is 5.75 Å². The lowest BCUT2D eigenvalue weighted by Crippen LogP contribution is -2.24. The monoisotopic (exact) mass is 421 g/mol. The van der Waals surface area contributed by atoms with Crippen LogP contribution in [0, 0.1) is 6.92 Å².